The Balaban J connectivity index is 1.31. The average molecular weight is 513 g/mol. The number of pyridine rings is 1. The van der Waals surface area contributed by atoms with Crippen molar-refractivity contribution in [3.8, 4) is 56.4 Å². The lowest BCUT2D eigenvalue weighted by Crippen LogP contribution is -2.00. The zero-order chi connectivity index (χ0) is 26.7. The van der Waals surface area contributed by atoms with E-state index < -0.39 is 0 Å². The molecule has 7 aromatic rings. The van der Waals surface area contributed by atoms with Crippen LogP contribution in [0.25, 0.3) is 67.2 Å². The Labute approximate surface area is 232 Å². The summed E-state index contributed by atoms with van der Waals surface area (Å²) in [6, 6.07) is 45.7. The first kappa shape index (κ1) is 23.6. The highest BCUT2D eigenvalue weighted by Crippen LogP contribution is 2.36. The highest BCUT2D eigenvalue weighted by molar-refractivity contribution is 6.05. The van der Waals surface area contributed by atoms with Crippen molar-refractivity contribution in [2.45, 2.75) is 0 Å². The lowest BCUT2D eigenvalue weighted by molar-refractivity contribution is 1.07. The van der Waals surface area contributed by atoms with E-state index >= 15 is 0 Å². The van der Waals surface area contributed by atoms with Crippen molar-refractivity contribution in [1.82, 2.24) is 19.9 Å². The molecule has 0 bridgehead atoms. The molecule has 4 heteroatoms. The maximum absolute atomic E-state index is 4.87. The third kappa shape index (κ3) is 4.52. The molecule has 4 nitrogen and oxygen atoms in total. The molecule has 0 atom stereocenters. The Morgan fingerprint density at radius 2 is 0.675 bits per heavy atom. The van der Waals surface area contributed by atoms with E-state index in [1.165, 1.54) is 21.9 Å². The standard InChI is InChI=1S/C36H24N4/c1-3-9-27(10-4-1)34-38-35(28-11-5-2-6-12-28)40-36(39-34)29-17-15-25(16-18-29)30-19-20-31(26-21-23-37-24-22-26)33-14-8-7-13-32(30)33/h1-24H. The summed E-state index contributed by atoms with van der Waals surface area (Å²) in [5.41, 5.74) is 7.55. The quantitative estimate of drug-likeness (QED) is 0.231. The van der Waals surface area contributed by atoms with Crippen molar-refractivity contribution >= 4 is 10.8 Å². The minimum atomic E-state index is 0.650. The molecule has 0 unspecified atom stereocenters. The van der Waals surface area contributed by atoms with Gasteiger partial charge in [-0.1, -0.05) is 121 Å². The van der Waals surface area contributed by atoms with Gasteiger partial charge in [-0.3, -0.25) is 4.98 Å². The largest absolute Gasteiger partial charge is 0.265 e. The van der Waals surface area contributed by atoms with Gasteiger partial charge in [-0.15, -0.1) is 0 Å². The predicted octanol–water partition coefficient (Wildman–Crippen LogP) is 8.75. The van der Waals surface area contributed by atoms with E-state index in [1.807, 2.05) is 73.1 Å². The topological polar surface area (TPSA) is 51.6 Å². The van der Waals surface area contributed by atoms with Gasteiger partial charge in [-0.2, -0.15) is 0 Å². The summed E-state index contributed by atoms with van der Waals surface area (Å²) in [6.07, 6.45) is 3.68. The van der Waals surface area contributed by atoms with Crippen molar-refractivity contribution in [3.05, 3.63) is 146 Å². The van der Waals surface area contributed by atoms with Crippen LogP contribution in [-0.4, -0.2) is 19.9 Å². The molecule has 0 spiro atoms. The molecule has 0 fully saturated rings. The number of nitrogens with zero attached hydrogens (tertiary/aromatic N) is 4. The SMILES string of the molecule is c1ccc(-c2nc(-c3ccccc3)nc(-c3ccc(-c4ccc(-c5ccncc5)c5ccccc45)cc3)n2)cc1. The van der Waals surface area contributed by atoms with Crippen molar-refractivity contribution in [2.75, 3.05) is 0 Å². The van der Waals surface area contributed by atoms with Crippen LogP contribution < -0.4 is 0 Å². The zero-order valence-electron chi connectivity index (χ0n) is 21.6. The van der Waals surface area contributed by atoms with Gasteiger partial charge in [0.2, 0.25) is 0 Å². The molecule has 40 heavy (non-hydrogen) atoms. The fraction of sp³-hybridized carbons (Fsp3) is 0. The molecule has 5 aromatic carbocycles. The Kier molecular flexibility index (Phi) is 6.11. The summed E-state index contributed by atoms with van der Waals surface area (Å²) in [4.78, 5) is 18.7. The van der Waals surface area contributed by atoms with Crippen molar-refractivity contribution < 1.29 is 0 Å². The summed E-state index contributed by atoms with van der Waals surface area (Å²) >= 11 is 0. The van der Waals surface area contributed by atoms with Crippen LogP contribution in [0.2, 0.25) is 0 Å². The van der Waals surface area contributed by atoms with Crippen LogP contribution in [0.1, 0.15) is 0 Å². The monoisotopic (exact) mass is 512 g/mol. The van der Waals surface area contributed by atoms with E-state index in [-0.39, 0.29) is 0 Å². The van der Waals surface area contributed by atoms with E-state index in [1.54, 1.807) is 0 Å². The van der Waals surface area contributed by atoms with Crippen LogP contribution in [0.5, 0.6) is 0 Å². The minimum Gasteiger partial charge on any atom is -0.265 e. The number of rotatable bonds is 5. The molecule has 188 valence electrons. The first-order chi connectivity index (χ1) is 19.8. The second-order valence-corrected chi connectivity index (χ2v) is 9.56. The van der Waals surface area contributed by atoms with Crippen molar-refractivity contribution in [1.29, 1.82) is 0 Å². The van der Waals surface area contributed by atoms with E-state index in [2.05, 4.69) is 77.8 Å². The van der Waals surface area contributed by atoms with Gasteiger partial charge in [0.15, 0.2) is 17.5 Å². The molecule has 0 aliphatic rings. The van der Waals surface area contributed by atoms with Crippen LogP contribution in [0.4, 0.5) is 0 Å². The van der Waals surface area contributed by atoms with Gasteiger partial charge in [0, 0.05) is 29.1 Å². The van der Waals surface area contributed by atoms with Gasteiger partial charge >= 0.3 is 0 Å². The maximum atomic E-state index is 4.87. The Morgan fingerprint density at radius 3 is 1.15 bits per heavy atom. The Hall–Kier alpha value is -5.48. The zero-order valence-corrected chi connectivity index (χ0v) is 21.6. The average Bonchev–Trinajstić information content (AvgIpc) is 3.05. The number of fused-ring (bicyclic) bond motifs is 1. The van der Waals surface area contributed by atoms with Crippen molar-refractivity contribution in [3.63, 3.8) is 0 Å². The summed E-state index contributed by atoms with van der Waals surface area (Å²) in [5.74, 6) is 1.97. The Morgan fingerprint density at radius 1 is 0.300 bits per heavy atom. The molecule has 0 saturated carbocycles. The summed E-state index contributed by atoms with van der Waals surface area (Å²) in [5, 5.41) is 2.43. The van der Waals surface area contributed by atoms with Gasteiger partial charge in [0.1, 0.15) is 0 Å². The van der Waals surface area contributed by atoms with Crippen LogP contribution in [0, 0.1) is 0 Å². The van der Waals surface area contributed by atoms with Gasteiger partial charge in [-0.25, -0.2) is 15.0 Å². The van der Waals surface area contributed by atoms with E-state index in [4.69, 9.17) is 15.0 Å². The number of hydrogen-bond donors (Lipinski definition) is 0. The van der Waals surface area contributed by atoms with Gasteiger partial charge in [0.25, 0.3) is 0 Å². The van der Waals surface area contributed by atoms with Crippen LogP contribution in [-0.2, 0) is 0 Å². The van der Waals surface area contributed by atoms with Crippen LogP contribution in [0.15, 0.2) is 146 Å². The molecule has 0 radical (unpaired) electrons. The summed E-state index contributed by atoms with van der Waals surface area (Å²) < 4.78 is 0. The van der Waals surface area contributed by atoms with E-state index in [0.29, 0.717) is 17.5 Å². The second kappa shape index (κ2) is 10.4. The van der Waals surface area contributed by atoms with Crippen LogP contribution >= 0.6 is 0 Å². The minimum absolute atomic E-state index is 0.650. The van der Waals surface area contributed by atoms with E-state index in [9.17, 15) is 0 Å². The van der Waals surface area contributed by atoms with Crippen LogP contribution in [0.3, 0.4) is 0 Å². The summed E-state index contributed by atoms with van der Waals surface area (Å²) in [6.45, 7) is 0. The number of benzene rings is 5. The highest BCUT2D eigenvalue weighted by Gasteiger charge is 2.13. The number of aromatic nitrogens is 4. The smallest absolute Gasteiger partial charge is 0.164 e. The molecular formula is C36H24N4. The molecular weight excluding hydrogens is 488 g/mol. The lowest BCUT2D eigenvalue weighted by atomic mass is 9.92. The van der Waals surface area contributed by atoms with Gasteiger partial charge in [-0.05, 0) is 45.2 Å². The molecule has 2 heterocycles. The fourth-order valence-corrected chi connectivity index (χ4v) is 5.07. The summed E-state index contributed by atoms with van der Waals surface area (Å²) in [7, 11) is 0. The molecule has 2 aromatic heterocycles. The van der Waals surface area contributed by atoms with Crippen molar-refractivity contribution in [2.24, 2.45) is 0 Å². The first-order valence-corrected chi connectivity index (χ1v) is 13.2. The second-order valence-electron chi connectivity index (χ2n) is 9.56. The molecule has 0 aliphatic heterocycles. The Bertz CT molecular complexity index is 1860. The molecule has 0 saturated heterocycles. The molecule has 0 amide bonds. The highest BCUT2D eigenvalue weighted by atomic mass is 15.0. The molecule has 0 aliphatic carbocycles. The normalized spacial score (nSPS) is 11.0. The first-order valence-electron chi connectivity index (χ1n) is 13.2. The molecule has 7 rings (SSSR count). The van der Waals surface area contributed by atoms with Gasteiger partial charge in [0.05, 0.1) is 0 Å². The number of hydrogen-bond acceptors (Lipinski definition) is 4. The van der Waals surface area contributed by atoms with E-state index in [0.717, 1.165) is 27.8 Å². The molecule has 0 N–H and O–H groups in total. The lowest BCUT2D eigenvalue weighted by Gasteiger charge is -2.13. The fourth-order valence-electron chi connectivity index (χ4n) is 5.07. The third-order valence-corrected chi connectivity index (χ3v) is 7.07. The predicted molar refractivity (Wildman–Crippen MR) is 162 cm³/mol. The van der Waals surface area contributed by atoms with Gasteiger partial charge < -0.3 is 0 Å². The maximum Gasteiger partial charge on any atom is 0.164 e. The third-order valence-electron chi connectivity index (χ3n) is 7.07.